The van der Waals surface area contributed by atoms with Gasteiger partial charge in [-0.05, 0) is 25.8 Å². The molecule has 2 rings (SSSR count). The Morgan fingerprint density at radius 2 is 1.89 bits per heavy atom. The Balaban J connectivity index is 2.35. The Hall–Kier alpha value is -0.730. The molecule has 0 aliphatic heterocycles. The number of hydrogen-bond acceptors (Lipinski definition) is 2. The first-order chi connectivity index (χ1) is 8.98. The largest absolute Gasteiger partial charge is 0.492 e. The molecule has 0 atom stereocenters. The third-order valence-electron chi connectivity index (χ3n) is 3.82. The number of rotatable bonds is 4. The maximum Gasteiger partial charge on any atom is 0.170 e. The van der Waals surface area contributed by atoms with Crippen LogP contribution >= 0.6 is 23.2 Å². The van der Waals surface area contributed by atoms with Crippen molar-refractivity contribution in [2.24, 2.45) is 5.41 Å². The van der Waals surface area contributed by atoms with Gasteiger partial charge in [-0.15, -0.1) is 0 Å². The second kappa shape index (κ2) is 5.72. The molecule has 0 saturated heterocycles. The standard InChI is InChI=1S/C15H18Cl2O2/c1-3-19-13-9-11(16)10(8-12(13)17)14(18)15(2)6-4-5-7-15/h8-9H,3-7H2,1-2H3. The minimum atomic E-state index is -0.292. The van der Waals surface area contributed by atoms with Crippen molar-refractivity contribution in [3.05, 3.63) is 27.7 Å². The van der Waals surface area contributed by atoms with Gasteiger partial charge in [0.15, 0.2) is 5.78 Å². The van der Waals surface area contributed by atoms with Gasteiger partial charge in [-0.1, -0.05) is 43.0 Å². The summed E-state index contributed by atoms with van der Waals surface area (Å²) < 4.78 is 5.38. The molecule has 0 bridgehead atoms. The lowest BCUT2D eigenvalue weighted by molar-refractivity contribution is 0.0823. The molecule has 1 fully saturated rings. The van der Waals surface area contributed by atoms with E-state index in [1.165, 1.54) is 0 Å². The fourth-order valence-corrected chi connectivity index (χ4v) is 3.13. The summed E-state index contributed by atoms with van der Waals surface area (Å²) in [5.41, 5.74) is 0.222. The average Bonchev–Trinajstić information content (AvgIpc) is 2.81. The van der Waals surface area contributed by atoms with Crippen LogP contribution in [0.2, 0.25) is 10.0 Å². The van der Waals surface area contributed by atoms with Crippen molar-refractivity contribution in [2.75, 3.05) is 6.61 Å². The lowest BCUT2D eigenvalue weighted by Gasteiger charge is -2.22. The molecule has 1 aromatic rings. The van der Waals surface area contributed by atoms with Crippen LogP contribution in [0.3, 0.4) is 0 Å². The van der Waals surface area contributed by atoms with Gasteiger partial charge in [-0.2, -0.15) is 0 Å². The quantitative estimate of drug-likeness (QED) is 0.718. The summed E-state index contributed by atoms with van der Waals surface area (Å²) in [5.74, 6) is 0.627. The van der Waals surface area contributed by atoms with E-state index < -0.39 is 0 Å². The zero-order valence-electron chi connectivity index (χ0n) is 11.3. The van der Waals surface area contributed by atoms with E-state index in [2.05, 4.69) is 0 Å². The third-order valence-corrected chi connectivity index (χ3v) is 4.43. The number of halogens is 2. The molecule has 19 heavy (non-hydrogen) atoms. The highest BCUT2D eigenvalue weighted by atomic mass is 35.5. The van der Waals surface area contributed by atoms with Crippen LogP contribution < -0.4 is 4.74 Å². The minimum Gasteiger partial charge on any atom is -0.492 e. The van der Waals surface area contributed by atoms with Crippen molar-refractivity contribution in [2.45, 2.75) is 39.5 Å². The maximum absolute atomic E-state index is 12.6. The third kappa shape index (κ3) is 2.90. The number of hydrogen-bond donors (Lipinski definition) is 0. The van der Waals surface area contributed by atoms with E-state index >= 15 is 0 Å². The number of ether oxygens (including phenoxy) is 1. The number of ketones is 1. The minimum absolute atomic E-state index is 0.0972. The van der Waals surface area contributed by atoms with E-state index in [9.17, 15) is 4.79 Å². The van der Waals surface area contributed by atoms with Crippen LogP contribution in [-0.4, -0.2) is 12.4 Å². The molecule has 1 aliphatic rings. The van der Waals surface area contributed by atoms with Crippen molar-refractivity contribution in [1.29, 1.82) is 0 Å². The van der Waals surface area contributed by atoms with E-state index in [-0.39, 0.29) is 11.2 Å². The van der Waals surface area contributed by atoms with E-state index in [0.717, 1.165) is 25.7 Å². The van der Waals surface area contributed by atoms with Crippen LogP contribution in [0.5, 0.6) is 5.75 Å². The SMILES string of the molecule is CCOc1cc(Cl)c(C(=O)C2(C)CCCC2)cc1Cl. The summed E-state index contributed by atoms with van der Waals surface area (Å²) in [6, 6.07) is 3.28. The Labute approximate surface area is 124 Å². The highest BCUT2D eigenvalue weighted by Gasteiger charge is 2.37. The summed E-state index contributed by atoms with van der Waals surface area (Å²) in [4.78, 5) is 12.6. The lowest BCUT2D eigenvalue weighted by Crippen LogP contribution is -2.24. The molecule has 104 valence electrons. The van der Waals surface area contributed by atoms with Crippen LogP contribution in [0.15, 0.2) is 12.1 Å². The van der Waals surface area contributed by atoms with Crippen LogP contribution in [0.25, 0.3) is 0 Å². The molecule has 0 heterocycles. The van der Waals surface area contributed by atoms with Crippen molar-refractivity contribution in [1.82, 2.24) is 0 Å². The summed E-state index contributed by atoms with van der Waals surface area (Å²) in [6.07, 6.45) is 4.05. The molecule has 0 radical (unpaired) electrons. The van der Waals surface area contributed by atoms with Gasteiger partial charge in [-0.25, -0.2) is 0 Å². The summed E-state index contributed by atoms with van der Waals surface area (Å²) in [6.45, 7) is 4.41. The second-order valence-corrected chi connectivity index (χ2v) is 6.11. The molecule has 2 nitrogen and oxygen atoms in total. The van der Waals surface area contributed by atoms with Gasteiger partial charge in [0, 0.05) is 17.0 Å². The molecule has 0 amide bonds. The molecule has 1 aliphatic carbocycles. The Morgan fingerprint density at radius 3 is 2.47 bits per heavy atom. The van der Waals surface area contributed by atoms with E-state index in [1.807, 2.05) is 13.8 Å². The molecule has 0 N–H and O–H groups in total. The average molecular weight is 301 g/mol. The predicted octanol–water partition coefficient (Wildman–Crippen LogP) is 5.16. The van der Waals surface area contributed by atoms with E-state index in [1.54, 1.807) is 12.1 Å². The van der Waals surface area contributed by atoms with E-state index in [4.69, 9.17) is 27.9 Å². The zero-order valence-corrected chi connectivity index (χ0v) is 12.8. The molecular formula is C15H18Cl2O2. The lowest BCUT2D eigenvalue weighted by atomic mass is 9.81. The van der Waals surface area contributed by atoms with Gasteiger partial charge in [0.2, 0.25) is 0 Å². The predicted molar refractivity (Wildman–Crippen MR) is 78.5 cm³/mol. The van der Waals surface area contributed by atoms with Crippen molar-refractivity contribution < 1.29 is 9.53 Å². The first-order valence-corrected chi connectivity index (χ1v) is 7.40. The molecule has 1 saturated carbocycles. The maximum atomic E-state index is 12.6. The van der Waals surface area contributed by atoms with Crippen LogP contribution in [0.4, 0.5) is 0 Å². The topological polar surface area (TPSA) is 26.3 Å². The Bertz CT molecular complexity index is 491. The zero-order chi connectivity index (χ0) is 14.0. The monoisotopic (exact) mass is 300 g/mol. The fraction of sp³-hybridized carbons (Fsp3) is 0.533. The summed E-state index contributed by atoms with van der Waals surface area (Å²) in [7, 11) is 0. The highest BCUT2D eigenvalue weighted by Crippen LogP contribution is 2.42. The number of Topliss-reactive ketones (excluding diaryl/α,β-unsaturated/α-hetero) is 1. The van der Waals surface area contributed by atoms with Gasteiger partial charge >= 0.3 is 0 Å². The van der Waals surface area contributed by atoms with Crippen molar-refractivity contribution in [3.8, 4) is 5.75 Å². The fourth-order valence-electron chi connectivity index (χ4n) is 2.68. The van der Waals surface area contributed by atoms with Crippen LogP contribution in [-0.2, 0) is 0 Å². The van der Waals surface area contributed by atoms with Gasteiger partial charge in [0.05, 0.1) is 16.7 Å². The van der Waals surface area contributed by atoms with Gasteiger partial charge < -0.3 is 4.74 Å². The Kier molecular flexibility index (Phi) is 4.42. The number of carbonyl (C=O) groups is 1. The molecule has 0 aromatic heterocycles. The first kappa shape index (κ1) is 14.7. The van der Waals surface area contributed by atoms with Gasteiger partial charge in [0.1, 0.15) is 5.75 Å². The highest BCUT2D eigenvalue weighted by molar-refractivity contribution is 6.37. The summed E-state index contributed by atoms with van der Waals surface area (Å²) >= 11 is 12.4. The smallest absolute Gasteiger partial charge is 0.170 e. The van der Waals surface area contributed by atoms with Gasteiger partial charge in [0.25, 0.3) is 0 Å². The second-order valence-electron chi connectivity index (χ2n) is 5.29. The number of benzene rings is 1. The first-order valence-electron chi connectivity index (χ1n) is 6.64. The van der Waals surface area contributed by atoms with Crippen LogP contribution in [0, 0.1) is 5.41 Å². The number of carbonyl (C=O) groups excluding carboxylic acids is 1. The van der Waals surface area contributed by atoms with Crippen molar-refractivity contribution >= 4 is 29.0 Å². The molecule has 4 heteroatoms. The van der Waals surface area contributed by atoms with Gasteiger partial charge in [-0.3, -0.25) is 4.79 Å². The van der Waals surface area contributed by atoms with E-state index in [0.29, 0.717) is 28.0 Å². The Morgan fingerprint density at radius 1 is 1.26 bits per heavy atom. The molecule has 0 spiro atoms. The molecular weight excluding hydrogens is 283 g/mol. The van der Waals surface area contributed by atoms with Crippen molar-refractivity contribution in [3.63, 3.8) is 0 Å². The van der Waals surface area contributed by atoms with Crippen LogP contribution in [0.1, 0.15) is 49.9 Å². The normalized spacial score (nSPS) is 17.5. The molecule has 1 aromatic carbocycles. The molecule has 0 unspecified atom stereocenters. The summed E-state index contributed by atoms with van der Waals surface area (Å²) in [5, 5.41) is 0.863.